The first-order valence-corrected chi connectivity index (χ1v) is 7.33. The number of unbranched alkanes of at least 4 members (excludes halogenated alkanes) is 2. The van der Waals surface area contributed by atoms with Crippen LogP contribution in [0.15, 0.2) is 0 Å². The van der Waals surface area contributed by atoms with E-state index in [1.165, 1.54) is 19.3 Å². The van der Waals surface area contributed by atoms with E-state index < -0.39 is 0 Å². The highest BCUT2D eigenvalue weighted by atomic mass is 16.5. The molecule has 19 heavy (non-hydrogen) atoms. The second-order valence-electron chi connectivity index (χ2n) is 5.70. The van der Waals surface area contributed by atoms with Crippen molar-refractivity contribution < 1.29 is 14.3 Å². The third-order valence-corrected chi connectivity index (χ3v) is 3.08. The van der Waals surface area contributed by atoms with Gasteiger partial charge in [0.25, 0.3) is 0 Å². The molecule has 0 fully saturated rings. The van der Waals surface area contributed by atoms with Gasteiger partial charge in [-0.15, -0.1) is 0 Å². The SMILES string of the molecule is CCCCCC(C)(C)CNC(=O)CCC(=O)OCC. The van der Waals surface area contributed by atoms with Gasteiger partial charge in [0.05, 0.1) is 13.0 Å². The number of nitrogens with one attached hydrogen (secondary N) is 1. The summed E-state index contributed by atoms with van der Waals surface area (Å²) < 4.78 is 4.78. The molecule has 0 aliphatic rings. The Morgan fingerprint density at radius 2 is 1.79 bits per heavy atom. The van der Waals surface area contributed by atoms with Crippen molar-refractivity contribution in [3.05, 3.63) is 0 Å². The van der Waals surface area contributed by atoms with E-state index in [9.17, 15) is 9.59 Å². The van der Waals surface area contributed by atoms with Crippen molar-refractivity contribution in [2.75, 3.05) is 13.2 Å². The molecular weight excluding hydrogens is 242 g/mol. The average Bonchev–Trinajstić information content (AvgIpc) is 2.34. The molecule has 112 valence electrons. The fourth-order valence-electron chi connectivity index (χ4n) is 1.82. The van der Waals surface area contributed by atoms with Gasteiger partial charge >= 0.3 is 5.97 Å². The van der Waals surface area contributed by atoms with Crippen LogP contribution < -0.4 is 5.32 Å². The maximum Gasteiger partial charge on any atom is 0.306 e. The number of carbonyl (C=O) groups excluding carboxylic acids is 2. The highest BCUT2D eigenvalue weighted by Gasteiger charge is 2.18. The first-order chi connectivity index (χ1) is 8.91. The molecule has 0 aromatic heterocycles. The van der Waals surface area contributed by atoms with E-state index in [1.54, 1.807) is 6.92 Å². The topological polar surface area (TPSA) is 55.4 Å². The van der Waals surface area contributed by atoms with Crippen LogP contribution >= 0.6 is 0 Å². The van der Waals surface area contributed by atoms with Crippen molar-refractivity contribution in [3.8, 4) is 0 Å². The molecule has 0 saturated carbocycles. The lowest BCUT2D eigenvalue weighted by molar-refractivity contribution is -0.144. The zero-order chi connectivity index (χ0) is 14.7. The molecule has 0 aliphatic heterocycles. The van der Waals surface area contributed by atoms with Crippen LogP contribution in [0.4, 0.5) is 0 Å². The average molecular weight is 271 g/mol. The lowest BCUT2D eigenvalue weighted by atomic mass is 9.87. The fraction of sp³-hybridized carbons (Fsp3) is 0.867. The van der Waals surface area contributed by atoms with Gasteiger partial charge in [0.2, 0.25) is 5.91 Å². The molecule has 0 aliphatic carbocycles. The van der Waals surface area contributed by atoms with Gasteiger partial charge in [-0.3, -0.25) is 9.59 Å². The van der Waals surface area contributed by atoms with Crippen LogP contribution in [0.3, 0.4) is 0 Å². The Morgan fingerprint density at radius 1 is 1.11 bits per heavy atom. The van der Waals surface area contributed by atoms with E-state index in [4.69, 9.17) is 4.74 Å². The molecule has 1 N–H and O–H groups in total. The first kappa shape index (κ1) is 17.9. The van der Waals surface area contributed by atoms with E-state index in [0.29, 0.717) is 13.2 Å². The summed E-state index contributed by atoms with van der Waals surface area (Å²) in [4.78, 5) is 22.7. The van der Waals surface area contributed by atoms with Gasteiger partial charge in [-0.05, 0) is 18.8 Å². The molecule has 0 rings (SSSR count). The maximum atomic E-state index is 11.6. The molecule has 0 unspecified atom stereocenters. The Kier molecular flexibility index (Phi) is 9.27. The zero-order valence-electron chi connectivity index (χ0n) is 12.9. The number of esters is 1. The van der Waals surface area contributed by atoms with Gasteiger partial charge in [0.15, 0.2) is 0 Å². The molecule has 0 aromatic carbocycles. The first-order valence-electron chi connectivity index (χ1n) is 7.33. The smallest absolute Gasteiger partial charge is 0.306 e. The minimum Gasteiger partial charge on any atom is -0.466 e. The standard InChI is InChI=1S/C15H29NO3/c1-5-7-8-11-15(3,4)12-16-13(17)9-10-14(18)19-6-2/h5-12H2,1-4H3,(H,16,17). The monoisotopic (exact) mass is 271 g/mol. The van der Waals surface area contributed by atoms with E-state index in [-0.39, 0.29) is 30.1 Å². The second kappa shape index (κ2) is 9.82. The highest BCUT2D eigenvalue weighted by Crippen LogP contribution is 2.22. The van der Waals surface area contributed by atoms with Crippen LogP contribution in [0.5, 0.6) is 0 Å². The minimum atomic E-state index is -0.306. The molecule has 0 aromatic rings. The normalized spacial score (nSPS) is 11.2. The maximum absolute atomic E-state index is 11.6. The fourth-order valence-corrected chi connectivity index (χ4v) is 1.82. The van der Waals surface area contributed by atoms with Gasteiger partial charge in [-0.25, -0.2) is 0 Å². The van der Waals surface area contributed by atoms with Crippen molar-refractivity contribution in [3.63, 3.8) is 0 Å². The lowest BCUT2D eigenvalue weighted by Crippen LogP contribution is -2.34. The molecule has 0 saturated heterocycles. The lowest BCUT2D eigenvalue weighted by Gasteiger charge is -2.24. The molecule has 0 atom stereocenters. The summed E-state index contributed by atoms with van der Waals surface area (Å²) in [7, 11) is 0. The zero-order valence-corrected chi connectivity index (χ0v) is 12.9. The van der Waals surface area contributed by atoms with Crippen LogP contribution in [0.1, 0.15) is 66.2 Å². The third-order valence-electron chi connectivity index (χ3n) is 3.08. The quantitative estimate of drug-likeness (QED) is 0.491. The molecule has 4 heteroatoms. The highest BCUT2D eigenvalue weighted by molar-refractivity contribution is 5.81. The Bertz CT molecular complexity index is 275. The summed E-state index contributed by atoms with van der Waals surface area (Å²) in [6.07, 6.45) is 5.13. The van der Waals surface area contributed by atoms with Crippen molar-refractivity contribution in [2.24, 2.45) is 5.41 Å². The predicted molar refractivity (Wildman–Crippen MR) is 76.8 cm³/mol. The predicted octanol–water partition coefficient (Wildman–Crippen LogP) is 3.05. The molecule has 0 spiro atoms. The van der Waals surface area contributed by atoms with Gasteiger partial charge < -0.3 is 10.1 Å². The minimum absolute atomic E-state index is 0.0726. The summed E-state index contributed by atoms with van der Waals surface area (Å²) in [6.45, 7) is 9.30. The van der Waals surface area contributed by atoms with Crippen LogP contribution in [0.25, 0.3) is 0 Å². The van der Waals surface area contributed by atoms with Crippen LogP contribution in [-0.2, 0) is 14.3 Å². The Labute approximate surface area is 117 Å². The summed E-state index contributed by atoms with van der Waals surface area (Å²) in [5.74, 6) is -0.378. The van der Waals surface area contributed by atoms with E-state index in [0.717, 1.165) is 6.42 Å². The molecule has 0 radical (unpaired) electrons. The van der Waals surface area contributed by atoms with Gasteiger partial charge in [-0.1, -0.05) is 40.0 Å². The second-order valence-corrected chi connectivity index (χ2v) is 5.70. The summed E-state index contributed by atoms with van der Waals surface area (Å²) in [5.41, 5.74) is 0.120. The van der Waals surface area contributed by atoms with Crippen LogP contribution in [0, 0.1) is 5.41 Å². The summed E-state index contributed by atoms with van der Waals surface area (Å²) >= 11 is 0. The van der Waals surface area contributed by atoms with E-state index in [1.807, 2.05) is 0 Å². The van der Waals surface area contributed by atoms with Gasteiger partial charge in [0, 0.05) is 13.0 Å². The molecule has 0 heterocycles. The molecule has 0 bridgehead atoms. The van der Waals surface area contributed by atoms with Gasteiger partial charge in [0.1, 0.15) is 0 Å². The summed E-state index contributed by atoms with van der Waals surface area (Å²) in [6, 6.07) is 0. The number of hydrogen-bond acceptors (Lipinski definition) is 3. The molecule has 4 nitrogen and oxygen atoms in total. The Balaban J connectivity index is 3.78. The number of hydrogen-bond donors (Lipinski definition) is 1. The van der Waals surface area contributed by atoms with E-state index >= 15 is 0 Å². The molecule has 1 amide bonds. The van der Waals surface area contributed by atoms with Gasteiger partial charge in [-0.2, -0.15) is 0 Å². The number of carbonyl (C=O) groups is 2. The van der Waals surface area contributed by atoms with E-state index in [2.05, 4.69) is 26.1 Å². The van der Waals surface area contributed by atoms with Crippen molar-refractivity contribution in [1.82, 2.24) is 5.32 Å². The Hall–Kier alpha value is -1.06. The van der Waals surface area contributed by atoms with Crippen molar-refractivity contribution in [1.29, 1.82) is 0 Å². The van der Waals surface area contributed by atoms with Crippen LogP contribution in [0.2, 0.25) is 0 Å². The largest absolute Gasteiger partial charge is 0.466 e. The van der Waals surface area contributed by atoms with Crippen molar-refractivity contribution >= 4 is 11.9 Å². The third kappa shape index (κ3) is 10.5. The molecular formula is C15H29NO3. The number of rotatable bonds is 10. The number of ether oxygens (including phenoxy) is 1. The van der Waals surface area contributed by atoms with Crippen molar-refractivity contribution in [2.45, 2.75) is 66.2 Å². The van der Waals surface area contributed by atoms with Crippen LogP contribution in [-0.4, -0.2) is 25.0 Å². The summed E-state index contributed by atoms with van der Waals surface area (Å²) in [5, 5.41) is 2.90. The Morgan fingerprint density at radius 3 is 2.37 bits per heavy atom. The number of amides is 1.